The lowest BCUT2D eigenvalue weighted by Crippen LogP contribution is -2.09. The van der Waals surface area contributed by atoms with Crippen LogP contribution in [0, 0.1) is 0 Å². The highest BCUT2D eigenvalue weighted by Crippen LogP contribution is 2.24. The molecule has 1 aromatic rings. The predicted octanol–water partition coefficient (Wildman–Crippen LogP) is 1.68. The maximum atomic E-state index is 11.5. The molecule has 0 atom stereocenters. The molecule has 0 radical (unpaired) electrons. The topological polar surface area (TPSA) is 32.3 Å². The molecule has 0 aromatic heterocycles. The average molecular weight is 204 g/mol. The minimum absolute atomic E-state index is 0.317. The summed E-state index contributed by atoms with van der Waals surface area (Å²) in [5, 5.41) is 3.28. The van der Waals surface area contributed by atoms with Gasteiger partial charge in [0.2, 0.25) is 0 Å². The van der Waals surface area contributed by atoms with E-state index < -0.39 is 0 Å². The highest BCUT2D eigenvalue weighted by Gasteiger charge is 2.13. The van der Waals surface area contributed by atoms with E-state index in [2.05, 4.69) is 28.4 Å². The SMILES string of the molecule is CN(C)c1ccc2c(c1)CC(=O)CCN2. The summed E-state index contributed by atoms with van der Waals surface area (Å²) in [5.74, 6) is 0.317. The van der Waals surface area contributed by atoms with Crippen LogP contribution in [-0.2, 0) is 11.2 Å². The highest BCUT2D eigenvalue weighted by molar-refractivity contribution is 5.85. The summed E-state index contributed by atoms with van der Waals surface area (Å²) in [5.41, 5.74) is 3.36. The molecule has 2 rings (SSSR count). The Balaban J connectivity index is 2.37. The second-order valence-electron chi connectivity index (χ2n) is 4.13. The number of hydrogen-bond donors (Lipinski definition) is 1. The summed E-state index contributed by atoms with van der Waals surface area (Å²) in [4.78, 5) is 13.5. The normalized spacial score (nSPS) is 15.2. The number of hydrogen-bond acceptors (Lipinski definition) is 3. The van der Waals surface area contributed by atoms with Crippen LogP contribution in [0.4, 0.5) is 11.4 Å². The first-order valence-corrected chi connectivity index (χ1v) is 5.22. The second kappa shape index (κ2) is 3.93. The molecule has 0 bridgehead atoms. The molecular formula is C12H16N2O. The van der Waals surface area contributed by atoms with E-state index in [0.29, 0.717) is 18.6 Å². The standard InChI is InChI=1S/C12H16N2O/c1-14(2)10-3-4-12-9(7-10)8-11(15)5-6-13-12/h3-4,7,13H,5-6,8H2,1-2H3. The molecule has 1 heterocycles. The van der Waals surface area contributed by atoms with Crippen molar-refractivity contribution in [2.24, 2.45) is 0 Å². The van der Waals surface area contributed by atoms with E-state index in [1.807, 2.05) is 14.1 Å². The van der Waals surface area contributed by atoms with Crippen LogP contribution in [0.5, 0.6) is 0 Å². The van der Waals surface area contributed by atoms with Crippen molar-refractivity contribution in [1.82, 2.24) is 0 Å². The van der Waals surface area contributed by atoms with Crippen molar-refractivity contribution in [3.05, 3.63) is 23.8 Å². The van der Waals surface area contributed by atoms with Gasteiger partial charge < -0.3 is 10.2 Å². The molecule has 3 nitrogen and oxygen atoms in total. The molecule has 0 unspecified atom stereocenters. The third-order valence-corrected chi connectivity index (χ3v) is 2.71. The number of anilines is 2. The number of carbonyl (C=O) groups excluding carboxylic acids is 1. The van der Waals surface area contributed by atoms with Crippen LogP contribution in [0.3, 0.4) is 0 Å². The number of ketones is 1. The summed E-state index contributed by atoms with van der Waals surface area (Å²) in [6.45, 7) is 0.757. The van der Waals surface area contributed by atoms with Crippen LogP contribution in [0.1, 0.15) is 12.0 Å². The van der Waals surface area contributed by atoms with Gasteiger partial charge in [0.25, 0.3) is 0 Å². The van der Waals surface area contributed by atoms with Crippen molar-refractivity contribution >= 4 is 17.2 Å². The quantitative estimate of drug-likeness (QED) is 0.755. The summed E-state index contributed by atoms with van der Waals surface area (Å²) in [6.07, 6.45) is 1.19. The molecule has 1 aliphatic heterocycles. The van der Waals surface area contributed by atoms with Crippen molar-refractivity contribution in [2.75, 3.05) is 30.9 Å². The minimum Gasteiger partial charge on any atom is -0.384 e. The number of benzene rings is 1. The lowest BCUT2D eigenvalue weighted by Gasteiger charge is -2.15. The Kier molecular flexibility index (Phi) is 2.62. The van der Waals surface area contributed by atoms with E-state index in [4.69, 9.17) is 0 Å². The Hall–Kier alpha value is -1.51. The van der Waals surface area contributed by atoms with E-state index in [9.17, 15) is 4.79 Å². The number of nitrogens with zero attached hydrogens (tertiary/aromatic N) is 1. The van der Waals surface area contributed by atoms with Crippen LogP contribution in [0.2, 0.25) is 0 Å². The number of carbonyl (C=O) groups is 1. The van der Waals surface area contributed by atoms with Gasteiger partial charge in [-0.3, -0.25) is 4.79 Å². The number of rotatable bonds is 1. The van der Waals surface area contributed by atoms with Gasteiger partial charge in [0, 0.05) is 44.9 Å². The van der Waals surface area contributed by atoms with Gasteiger partial charge in [-0.15, -0.1) is 0 Å². The highest BCUT2D eigenvalue weighted by atomic mass is 16.1. The maximum Gasteiger partial charge on any atom is 0.139 e. The maximum absolute atomic E-state index is 11.5. The van der Waals surface area contributed by atoms with Crippen LogP contribution >= 0.6 is 0 Å². The minimum atomic E-state index is 0.317. The van der Waals surface area contributed by atoms with Gasteiger partial charge >= 0.3 is 0 Å². The average Bonchev–Trinajstić information content (AvgIpc) is 2.37. The van der Waals surface area contributed by atoms with Crippen molar-refractivity contribution in [2.45, 2.75) is 12.8 Å². The molecule has 0 amide bonds. The molecule has 1 aromatic carbocycles. The van der Waals surface area contributed by atoms with E-state index in [1.54, 1.807) is 0 Å². The van der Waals surface area contributed by atoms with Crippen molar-refractivity contribution in [3.8, 4) is 0 Å². The molecule has 3 heteroatoms. The zero-order chi connectivity index (χ0) is 10.8. The molecule has 0 aliphatic carbocycles. The third kappa shape index (κ3) is 2.12. The lowest BCUT2D eigenvalue weighted by atomic mass is 10.1. The summed E-state index contributed by atoms with van der Waals surface area (Å²) < 4.78 is 0. The molecule has 1 aliphatic rings. The van der Waals surface area contributed by atoms with Gasteiger partial charge in [-0.2, -0.15) is 0 Å². The predicted molar refractivity (Wildman–Crippen MR) is 62.6 cm³/mol. The van der Waals surface area contributed by atoms with Crippen molar-refractivity contribution < 1.29 is 4.79 Å². The smallest absolute Gasteiger partial charge is 0.139 e. The van der Waals surface area contributed by atoms with Gasteiger partial charge in [0.1, 0.15) is 5.78 Å². The fourth-order valence-electron chi connectivity index (χ4n) is 1.81. The Morgan fingerprint density at radius 2 is 2.13 bits per heavy atom. The molecule has 1 N–H and O–H groups in total. The van der Waals surface area contributed by atoms with E-state index in [-0.39, 0.29) is 0 Å². The van der Waals surface area contributed by atoms with Crippen molar-refractivity contribution in [3.63, 3.8) is 0 Å². The van der Waals surface area contributed by atoms with Crippen LogP contribution < -0.4 is 10.2 Å². The second-order valence-corrected chi connectivity index (χ2v) is 4.13. The summed E-state index contributed by atoms with van der Waals surface area (Å²) in [7, 11) is 4.02. The number of fused-ring (bicyclic) bond motifs is 1. The van der Waals surface area contributed by atoms with E-state index in [1.165, 1.54) is 0 Å². The van der Waals surface area contributed by atoms with Crippen molar-refractivity contribution in [1.29, 1.82) is 0 Å². The van der Waals surface area contributed by atoms with Gasteiger partial charge in [0.05, 0.1) is 0 Å². The molecule has 0 spiro atoms. The first-order valence-electron chi connectivity index (χ1n) is 5.22. The molecule has 80 valence electrons. The Bertz CT molecular complexity index is 385. The zero-order valence-corrected chi connectivity index (χ0v) is 9.21. The van der Waals surface area contributed by atoms with Crippen LogP contribution in [0.15, 0.2) is 18.2 Å². The molecule has 0 saturated carbocycles. The third-order valence-electron chi connectivity index (χ3n) is 2.71. The summed E-state index contributed by atoms with van der Waals surface area (Å²) in [6, 6.07) is 6.22. The number of nitrogens with one attached hydrogen (secondary N) is 1. The molecule has 0 saturated heterocycles. The fourth-order valence-corrected chi connectivity index (χ4v) is 1.81. The van der Waals surface area contributed by atoms with Crippen LogP contribution in [-0.4, -0.2) is 26.4 Å². The first kappa shape index (κ1) is 10.0. The van der Waals surface area contributed by atoms with Gasteiger partial charge in [-0.25, -0.2) is 0 Å². The lowest BCUT2D eigenvalue weighted by molar-refractivity contribution is -0.118. The largest absolute Gasteiger partial charge is 0.384 e. The Morgan fingerprint density at radius 1 is 1.33 bits per heavy atom. The Labute approximate surface area is 90.1 Å². The fraction of sp³-hybridized carbons (Fsp3) is 0.417. The Morgan fingerprint density at radius 3 is 2.87 bits per heavy atom. The zero-order valence-electron chi connectivity index (χ0n) is 9.21. The first-order chi connectivity index (χ1) is 7.16. The molecule has 15 heavy (non-hydrogen) atoms. The number of Topliss-reactive ketones (excluding diaryl/α,β-unsaturated/α-hetero) is 1. The van der Waals surface area contributed by atoms with E-state index >= 15 is 0 Å². The van der Waals surface area contributed by atoms with Gasteiger partial charge in [-0.05, 0) is 23.8 Å². The summed E-state index contributed by atoms with van der Waals surface area (Å²) >= 11 is 0. The van der Waals surface area contributed by atoms with Gasteiger partial charge in [0.15, 0.2) is 0 Å². The van der Waals surface area contributed by atoms with E-state index in [0.717, 1.165) is 23.5 Å². The van der Waals surface area contributed by atoms with Gasteiger partial charge in [-0.1, -0.05) is 0 Å². The monoisotopic (exact) mass is 204 g/mol. The van der Waals surface area contributed by atoms with Crippen LogP contribution in [0.25, 0.3) is 0 Å². The molecule has 0 fully saturated rings. The molecular weight excluding hydrogens is 188 g/mol.